The largest absolute Gasteiger partial charge is 0.434 e. The summed E-state index contributed by atoms with van der Waals surface area (Å²) in [5.41, 5.74) is 2.37. The molecule has 2 bridgehead atoms. The molecule has 5 heterocycles. The van der Waals surface area contributed by atoms with Gasteiger partial charge in [0.25, 0.3) is 0 Å². The molecule has 4 aliphatic rings. The number of alkyl halides is 2. The van der Waals surface area contributed by atoms with Crippen LogP contribution in [0.4, 0.5) is 19.1 Å². The van der Waals surface area contributed by atoms with E-state index in [1.807, 2.05) is 17.0 Å². The van der Waals surface area contributed by atoms with Crippen molar-refractivity contribution in [3.05, 3.63) is 66.0 Å². The normalized spacial score (nSPS) is 22.7. The molecule has 8 rings (SSSR count). The number of hydrogen-bond donors (Lipinski definition) is 0. The maximum Gasteiger partial charge on any atom is 0.387 e. The topological polar surface area (TPSA) is 65.3 Å². The average Bonchev–Trinajstić information content (AvgIpc) is 3.48. The van der Waals surface area contributed by atoms with Gasteiger partial charge in [0.15, 0.2) is 0 Å². The van der Waals surface area contributed by atoms with Gasteiger partial charge in [-0.25, -0.2) is 19.3 Å². The van der Waals surface area contributed by atoms with Crippen LogP contribution in [0, 0.1) is 5.82 Å². The zero-order valence-corrected chi connectivity index (χ0v) is 19.2. The Kier molecular flexibility index (Phi) is 4.76. The fraction of sp³-hybridized carbons (Fsp3) is 0.346. The van der Waals surface area contributed by atoms with Crippen LogP contribution < -0.4 is 9.64 Å². The van der Waals surface area contributed by atoms with Gasteiger partial charge in [-0.05, 0) is 25.0 Å². The van der Waals surface area contributed by atoms with Gasteiger partial charge in [-0.3, -0.25) is 0 Å². The first-order chi connectivity index (χ1) is 17.5. The summed E-state index contributed by atoms with van der Waals surface area (Å²) >= 11 is 0. The number of imidazole rings is 1. The summed E-state index contributed by atoms with van der Waals surface area (Å²) in [5, 5.41) is 0. The molecule has 1 aliphatic carbocycles. The third kappa shape index (κ3) is 3.13. The van der Waals surface area contributed by atoms with Crippen LogP contribution >= 0.6 is 0 Å². The van der Waals surface area contributed by atoms with Crippen LogP contribution in [0.25, 0.3) is 22.2 Å². The highest BCUT2D eigenvalue weighted by atomic mass is 19.3. The van der Waals surface area contributed by atoms with Crippen LogP contribution in [0.3, 0.4) is 0 Å². The predicted octanol–water partition coefficient (Wildman–Crippen LogP) is 4.71. The predicted molar refractivity (Wildman–Crippen MR) is 126 cm³/mol. The van der Waals surface area contributed by atoms with E-state index in [-0.39, 0.29) is 11.7 Å². The third-order valence-electron chi connectivity index (χ3n) is 7.58. The molecule has 7 nitrogen and oxygen atoms in total. The van der Waals surface area contributed by atoms with Crippen LogP contribution in [0.1, 0.15) is 30.1 Å². The molecule has 0 amide bonds. The highest BCUT2D eigenvalue weighted by molar-refractivity contribution is 5.84. The Labute approximate surface area is 204 Å². The van der Waals surface area contributed by atoms with Gasteiger partial charge < -0.3 is 18.9 Å². The number of anilines is 1. The fourth-order valence-electron chi connectivity index (χ4n) is 5.96. The van der Waals surface area contributed by atoms with Gasteiger partial charge in [-0.2, -0.15) is 8.78 Å². The number of nitrogens with zero attached hydrogens (tertiary/aromatic N) is 5. The third-order valence-corrected chi connectivity index (χ3v) is 7.58. The van der Waals surface area contributed by atoms with Gasteiger partial charge in [0.05, 0.1) is 29.8 Å². The number of morpholine rings is 1. The van der Waals surface area contributed by atoms with Crippen molar-refractivity contribution in [2.45, 2.75) is 30.9 Å². The van der Waals surface area contributed by atoms with Crippen molar-refractivity contribution in [3.63, 3.8) is 0 Å². The van der Waals surface area contributed by atoms with Crippen LogP contribution in [-0.4, -0.2) is 52.4 Å². The highest BCUT2D eigenvalue weighted by Gasteiger charge is 2.58. The Morgan fingerprint density at radius 1 is 1.06 bits per heavy atom. The Morgan fingerprint density at radius 2 is 1.81 bits per heavy atom. The molecule has 2 aromatic carbocycles. The number of benzene rings is 2. The van der Waals surface area contributed by atoms with E-state index in [1.54, 1.807) is 30.6 Å². The molecule has 184 valence electrons. The first-order valence-corrected chi connectivity index (χ1v) is 12.0. The van der Waals surface area contributed by atoms with Crippen molar-refractivity contribution in [3.8, 4) is 16.9 Å². The van der Waals surface area contributed by atoms with Gasteiger partial charge in [-0.15, -0.1) is 0 Å². The summed E-state index contributed by atoms with van der Waals surface area (Å²) < 4.78 is 53.8. The summed E-state index contributed by atoms with van der Waals surface area (Å²) in [7, 11) is 0. The number of rotatable bonds is 5. The lowest BCUT2D eigenvalue weighted by Crippen LogP contribution is -2.38. The van der Waals surface area contributed by atoms with Crippen LogP contribution in [0.15, 0.2) is 48.8 Å². The van der Waals surface area contributed by atoms with Crippen LogP contribution in [-0.2, 0) is 10.3 Å². The monoisotopic (exact) mass is 493 g/mol. The van der Waals surface area contributed by atoms with Crippen molar-refractivity contribution in [1.29, 1.82) is 0 Å². The maximum atomic E-state index is 15.2. The number of aromatic nitrogens is 4. The Bertz CT molecular complexity index is 1460. The lowest BCUT2D eigenvalue weighted by atomic mass is 9.68. The summed E-state index contributed by atoms with van der Waals surface area (Å²) in [4.78, 5) is 15.7. The Morgan fingerprint density at radius 3 is 2.56 bits per heavy atom. The van der Waals surface area contributed by atoms with Crippen molar-refractivity contribution < 1.29 is 22.6 Å². The minimum Gasteiger partial charge on any atom is -0.434 e. The second-order valence-corrected chi connectivity index (χ2v) is 9.51. The average molecular weight is 493 g/mol. The summed E-state index contributed by atoms with van der Waals surface area (Å²) in [5.74, 6) is 1.39. The van der Waals surface area contributed by atoms with E-state index in [1.165, 1.54) is 6.07 Å². The smallest absolute Gasteiger partial charge is 0.387 e. The van der Waals surface area contributed by atoms with Gasteiger partial charge in [0.2, 0.25) is 5.95 Å². The second kappa shape index (κ2) is 7.92. The molecular formula is C26H22F3N5O2. The number of ether oxygens (including phenoxy) is 2. The number of para-hydroxylation sites is 1. The lowest BCUT2D eigenvalue weighted by Gasteiger charge is -2.40. The van der Waals surface area contributed by atoms with Crippen LogP contribution in [0.5, 0.6) is 5.75 Å². The molecule has 3 aliphatic heterocycles. The Balaban J connectivity index is 1.31. The summed E-state index contributed by atoms with van der Waals surface area (Å²) in [6.07, 6.45) is 4.76. The SMILES string of the molecule is Fc1cc2nc3n(c2cc1-c1cnc(N2CCOCC2)nc1)C1(c2ccccc2OC(F)F)CC3C1. The maximum absolute atomic E-state index is 15.2. The molecule has 10 heteroatoms. The van der Waals surface area contributed by atoms with Crippen molar-refractivity contribution in [2.24, 2.45) is 0 Å². The van der Waals surface area contributed by atoms with E-state index >= 15 is 4.39 Å². The van der Waals surface area contributed by atoms with Gasteiger partial charge in [0.1, 0.15) is 17.4 Å². The van der Waals surface area contributed by atoms with Crippen LogP contribution in [0.2, 0.25) is 0 Å². The molecule has 4 aromatic rings. The number of hydrogen-bond acceptors (Lipinski definition) is 6. The fourth-order valence-corrected chi connectivity index (χ4v) is 5.96. The molecule has 1 saturated heterocycles. The summed E-state index contributed by atoms with van der Waals surface area (Å²) in [6, 6.07) is 10.1. The first kappa shape index (κ1) is 21.6. The van der Waals surface area contributed by atoms with Crippen molar-refractivity contribution in [1.82, 2.24) is 19.5 Å². The van der Waals surface area contributed by atoms with E-state index < -0.39 is 18.0 Å². The molecule has 0 atom stereocenters. The molecule has 36 heavy (non-hydrogen) atoms. The van der Waals surface area contributed by atoms with E-state index in [2.05, 4.69) is 14.5 Å². The Hall–Kier alpha value is -3.66. The van der Waals surface area contributed by atoms with E-state index in [0.29, 0.717) is 54.5 Å². The second-order valence-electron chi connectivity index (χ2n) is 9.51. The number of fused-ring (bicyclic) bond motifs is 1. The van der Waals surface area contributed by atoms with E-state index in [0.717, 1.165) is 24.2 Å². The van der Waals surface area contributed by atoms with E-state index in [9.17, 15) is 8.78 Å². The lowest BCUT2D eigenvalue weighted by molar-refractivity contribution is -0.0516. The van der Waals surface area contributed by atoms with Gasteiger partial charge >= 0.3 is 6.61 Å². The molecule has 2 aromatic heterocycles. The molecule has 0 radical (unpaired) electrons. The number of halogens is 3. The first-order valence-electron chi connectivity index (χ1n) is 12.0. The van der Waals surface area contributed by atoms with Gasteiger partial charge in [-0.1, -0.05) is 18.2 Å². The quantitative estimate of drug-likeness (QED) is 0.402. The molecule has 0 N–H and O–H groups in total. The molecule has 0 spiro atoms. The highest BCUT2D eigenvalue weighted by Crippen LogP contribution is 2.63. The van der Waals surface area contributed by atoms with Gasteiger partial charge in [0, 0.05) is 54.2 Å². The standard InChI is InChI=1S/C26H22F3N5O2/c27-19-10-20-21(9-17(19)16-13-30-25(31-14-16)33-5-7-35-8-6-33)34-23(32-20)15-11-26(34,12-15)18-3-1-2-4-22(18)36-24(28)29/h1-4,9-10,13-15,24H,5-8,11-12H2. The van der Waals surface area contributed by atoms with Crippen molar-refractivity contribution in [2.75, 3.05) is 31.2 Å². The van der Waals surface area contributed by atoms with E-state index in [4.69, 9.17) is 14.5 Å². The summed E-state index contributed by atoms with van der Waals surface area (Å²) in [6.45, 7) is -0.253. The minimum atomic E-state index is -2.92. The molecular weight excluding hydrogens is 471 g/mol. The zero-order valence-electron chi connectivity index (χ0n) is 19.2. The zero-order chi connectivity index (χ0) is 24.4. The molecule has 0 unspecified atom stereocenters. The van der Waals surface area contributed by atoms with Crippen molar-refractivity contribution >= 4 is 17.0 Å². The molecule has 1 saturated carbocycles. The minimum absolute atomic E-state index is 0.162. The molecule has 2 fully saturated rings.